The van der Waals surface area contributed by atoms with Crippen molar-refractivity contribution in [3.05, 3.63) is 107 Å². The third-order valence-electron chi connectivity index (χ3n) is 5.03. The minimum atomic E-state index is -0.215. The molecule has 5 nitrogen and oxygen atoms in total. The second kappa shape index (κ2) is 7.37. The molecule has 0 aliphatic rings. The first kappa shape index (κ1) is 17.9. The quantitative estimate of drug-likeness (QED) is 0.328. The smallest absolute Gasteiger partial charge is 0.267 e. The molecule has 0 saturated heterocycles. The number of aromatic nitrogens is 3. The van der Waals surface area contributed by atoms with Gasteiger partial charge in [-0.2, -0.15) is 9.78 Å². The highest BCUT2D eigenvalue weighted by Gasteiger charge is 2.14. The summed E-state index contributed by atoms with van der Waals surface area (Å²) in [6.07, 6.45) is 3.42. The number of fused-ring (bicyclic) bond motifs is 3. The zero-order valence-electron chi connectivity index (χ0n) is 16.4. The zero-order chi connectivity index (χ0) is 20.5. The van der Waals surface area contributed by atoms with Gasteiger partial charge in [0, 0.05) is 17.1 Å². The standard InChI is InChI=1S/C25H18N4O/c1-17-9-11-18(12-10-17)16-27-29-24(19-6-3-2-4-7-19)28-23-20-8-5-15-26-22(20)14-13-21(23)25(29)30/h2-16H,1H3/b27-16+. The van der Waals surface area contributed by atoms with Crippen molar-refractivity contribution >= 4 is 28.0 Å². The van der Waals surface area contributed by atoms with Crippen LogP contribution >= 0.6 is 0 Å². The number of rotatable bonds is 3. The number of nitrogens with zero attached hydrogens (tertiary/aromatic N) is 4. The van der Waals surface area contributed by atoms with Crippen LogP contribution in [0.5, 0.6) is 0 Å². The Balaban J connectivity index is 1.80. The molecule has 0 bridgehead atoms. The second-order valence-electron chi connectivity index (χ2n) is 7.11. The molecule has 5 aromatic rings. The van der Waals surface area contributed by atoms with Crippen molar-refractivity contribution in [3.8, 4) is 11.4 Å². The Morgan fingerprint density at radius 2 is 1.67 bits per heavy atom. The molecule has 0 radical (unpaired) electrons. The van der Waals surface area contributed by atoms with Gasteiger partial charge in [-0.25, -0.2) is 4.98 Å². The largest absolute Gasteiger partial charge is 0.282 e. The lowest BCUT2D eigenvalue weighted by Crippen LogP contribution is -2.20. The van der Waals surface area contributed by atoms with Crippen LogP contribution in [0.15, 0.2) is 95.0 Å². The number of hydrogen-bond donors (Lipinski definition) is 0. The van der Waals surface area contributed by atoms with Gasteiger partial charge in [-0.3, -0.25) is 9.78 Å². The van der Waals surface area contributed by atoms with E-state index in [-0.39, 0.29) is 5.56 Å². The topological polar surface area (TPSA) is 60.1 Å². The molecular weight excluding hydrogens is 372 g/mol. The highest BCUT2D eigenvalue weighted by atomic mass is 16.1. The van der Waals surface area contributed by atoms with E-state index in [2.05, 4.69) is 10.1 Å². The maximum atomic E-state index is 13.4. The molecule has 5 heteroatoms. The van der Waals surface area contributed by atoms with Crippen LogP contribution in [0.2, 0.25) is 0 Å². The van der Waals surface area contributed by atoms with Crippen molar-refractivity contribution in [3.63, 3.8) is 0 Å². The average molecular weight is 390 g/mol. The van der Waals surface area contributed by atoms with Gasteiger partial charge in [-0.15, -0.1) is 0 Å². The van der Waals surface area contributed by atoms with Crippen LogP contribution in [0.25, 0.3) is 33.2 Å². The summed E-state index contributed by atoms with van der Waals surface area (Å²) in [5.41, 5.74) is 4.12. The van der Waals surface area contributed by atoms with E-state index in [0.29, 0.717) is 16.7 Å². The van der Waals surface area contributed by atoms with E-state index in [9.17, 15) is 4.79 Å². The summed E-state index contributed by atoms with van der Waals surface area (Å²) in [7, 11) is 0. The molecule has 0 amide bonds. The monoisotopic (exact) mass is 390 g/mol. The van der Waals surface area contributed by atoms with Gasteiger partial charge in [-0.05, 0) is 36.8 Å². The maximum Gasteiger partial charge on any atom is 0.282 e. The SMILES string of the molecule is Cc1ccc(/C=N/n2c(-c3ccccc3)nc3c(ccc4ncccc43)c2=O)cc1. The Hall–Kier alpha value is -4.12. The summed E-state index contributed by atoms with van der Waals surface area (Å²) < 4.78 is 1.37. The van der Waals surface area contributed by atoms with E-state index in [1.54, 1.807) is 18.5 Å². The lowest BCUT2D eigenvalue weighted by Gasteiger charge is -2.10. The summed E-state index contributed by atoms with van der Waals surface area (Å²) in [5, 5.41) is 5.87. The van der Waals surface area contributed by atoms with Gasteiger partial charge in [0.1, 0.15) is 0 Å². The molecule has 5 rings (SSSR count). The Morgan fingerprint density at radius 3 is 2.47 bits per heavy atom. The zero-order valence-corrected chi connectivity index (χ0v) is 16.4. The molecule has 2 aromatic heterocycles. The fraction of sp³-hybridized carbons (Fsp3) is 0.0400. The normalized spacial score (nSPS) is 11.5. The fourth-order valence-electron chi connectivity index (χ4n) is 3.45. The van der Waals surface area contributed by atoms with Gasteiger partial charge < -0.3 is 0 Å². The molecule has 0 N–H and O–H groups in total. The summed E-state index contributed by atoms with van der Waals surface area (Å²) in [4.78, 5) is 22.7. The summed E-state index contributed by atoms with van der Waals surface area (Å²) in [6, 6.07) is 25.0. The molecule has 3 aromatic carbocycles. The van der Waals surface area contributed by atoms with Gasteiger partial charge in [0.05, 0.1) is 22.6 Å². The molecule has 2 heterocycles. The Bertz CT molecular complexity index is 1450. The van der Waals surface area contributed by atoms with Crippen molar-refractivity contribution < 1.29 is 0 Å². The fourth-order valence-corrected chi connectivity index (χ4v) is 3.45. The number of hydrogen-bond acceptors (Lipinski definition) is 4. The molecular formula is C25H18N4O. The summed E-state index contributed by atoms with van der Waals surface area (Å²) in [6.45, 7) is 2.03. The number of pyridine rings is 1. The predicted molar refractivity (Wildman–Crippen MR) is 121 cm³/mol. The van der Waals surface area contributed by atoms with E-state index in [1.165, 1.54) is 10.2 Å². The van der Waals surface area contributed by atoms with E-state index < -0.39 is 0 Å². The highest BCUT2D eigenvalue weighted by molar-refractivity contribution is 6.03. The second-order valence-corrected chi connectivity index (χ2v) is 7.11. The van der Waals surface area contributed by atoms with Crippen molar-refractivity contribution in [1.29, 1.82) is 0 Å². The van der Waals surface area contributed by atoms with E-state index in [4.69, 9.17) is 4.98 Å². The molecule has 0 unspecified atom stereocenters. The molecule has 30 heavy (non-hydrogen) atoms. The molecule has 0 atom stereocenters. The number of benzene rings is 3. The first-order chi connectivity index (χ1) is 14.7. The predicted octanol–water partition coefficient (Wildman–Crippen LogP) is 4.80. The average Bonchev–Trinajstić information content (AvgIpc) is 2.80. The van der Waals surface area contributed by atoms with Crippen LogP contribution in [-0.4, -0.2) is 20.9 Å². The third kappa shape index (κ3) is 3.16. The van der Waals surface area contributed by atoms with E-state index in [0.717, 1.165) is 22.0 Å². The summed E-state index contributed by atoms with van der Waals surface area (Å²) in [5.74, 6) is 0.493. The minimum absolute atomic E-state index is 0.215. The van der Waals surface area contributed by atoms with Gasteiger partial charge >= 0.3 is 0 Å². The van der Waals surface area contributed by atoms with Crippen LogP contribution in [0.4, 0.5) is 0 Å². The Labute approximate surface area is 173 Å². The molecule has 0 aliphatic heterocycles. The van der Waals surface area contributed by atoms with Gasteiger partial charge in [-0.1, -0.05) is 60.2 Å². The molecule has 0 fully saturated rings. The van der Waals surface area contributed by atoms with Crippen LogP contribution in [0.1, 0.15) is 11.1 Å². The third-order valence-corrected chi connectivity index (χ3v) is 5.03. The van der Waals surface area contributed by atoms with Crippen LogP contribution in [-0.2, 0) is 0 Å². The van der Waals surface area contributed by atoms with Gasteiger partial charge in [0.15, 0.2) is 5.82 Å². The van der Waals surface area contributed by atoms with E-state index in [1.807, 2.05) is 79.7 Å². The lowest BCUT2D eigenvalue weighted by molar-refractivity contribution is 0.830. The molecule has 0 spiro atoms. The maximum absolute atomic E-state index is 13.4. The molecule has 0 saturated carbocycles. The Morgan fingerprint density at radius 1 is 0.867 bits per heavy atom. The van der Waals surface area contributed by atoms with Crippen LogP contribution in [0.3, 0.4) is 0 Å². The molecule has 0 aliphatic carbocycles. The summed E-state index contributed by atoms with van der Waals surface area (Å²) >= 11 is 0. The number of aryl methyl sites for hydroxylation is 1. The molecule has 144 valence electrons. The minimum Gasteiger partial charge on any atom is -0.267 e. The van der Waals surface area contributed by atoms with Gasteiger partial charge in [0.2, 0.25) is 0 Å². The van der Waals surface area contributed by atoms with Crippen LogP contribution in [0, 0.1) is 6.92 Å². The van der Waals surface area contributed by atoms with Crippen molar-refractivity contribution in [2.24, 2.45) is 5.10 Å². The van der Waals surface area contributed by atoms with Gasteiger partial charge in [0.25, 0.3) is 5.56 Å². The van der Waals surface area contributed by atoms with Crippen molar-refractivity contribution in [2.45, 2.75) is 6.92 Å². The lowest BCUT2D eigenvalue weighted by atomic mass is 10.1. The Kier molecular flexibility index (Phi) is 4.41. The first-order valence-corrected chi connectivity index (χ1v) is 9.68. The van der Waals surface area contributed by atoms with E-state index >= 15 is 0 Å². The highest BCUT2D eigenvalue weighted by Crippen LogP contribution is 2.24. The van der Waals surface area contributed by atoms with Crippen molar-refractivity contribution in [2.75, 3.05) is 0 Å². The first-order valence-electron chi connectivity index (χ1n) is 9.68. The van der Waals surface area contributed by atoms with Crippen LogP contribution < -0.4 is 5.56 Å². The van der Waals surface area contributed by atoms with Crippen molar-refractivity contribution in [1.82, 2.24) is 14.6 Å².